The summed E-state index contributed by atoms with van der Waals surface area (Å²) in [4.78, 5) is 15.7. The standard InChI is InChI=1S/C17H14N2OS/c1-18-16(20)15(12-13-8-4-2-5-9-13)19(17(18)21)14-10-6-3-7-11-14/h2-12H,1H3/b15-12+. The molecule has 1 heterocycles. The minimum Gasteiger partial charge on any atom is -0.286 e. The first kappa shape index (κ1) is 13.5. The van der Waals surface area contributed by atoms with Gasteiger partial charge in [0.1, 0.15) is 5.70 Å². The summed E-state index contributed by atoms with van der Waals surface area (Å²) in [5, 5.41) is 0.494. The van der Waals surface area contributed by atoms with Crippen LogP contribution in [-0.2, 0) is 4.79 Å². The van der Waals surface area contributed by atoms with Crippen molar-refractivity contribution in [3.8, 4) is 0 Å². The highest BCUT2D eigenvalue weighted by Crippen LogP contribution is 2.28. The molecule has 0 unspecified atom stereocenters. The number of benzene rings is 2. The fourth-order valence-corrected chi connectivity index (χ4v) is 2.55. The Morgan fingerprint density at radius 2 is 1.52 bits per heavy atom. The van der Waals surface area contributed by atoms with Crippen LogP contribution >= 0.6 is 12.2 Å². The maximum Gasteiger partial charge on any atom is 0.276 e. The molecule has 2 aromatic rings. The minimum atomic E-state index is -0.0901. The van der Waals surface area contributed by atoms with Crippen molar-refractivity contribution in [2.24, 2.45) is 0 Å². The van der Waals surface area contributed by atoms with Crippen molar-refractivity contribution in [3.05, 3.63) is 71.9 Å². The third kappa shape index (κ3) is 2.45. The van der Waals surface area contributed by atoms with E-state index >= 15 is 0 Å². The van der Waals surface area contributed by atoms with Gasteiger partial charge in [-0.1, -0.05) is 48.5 Å². The second-order valence-electron chi connectivity index (χ2n) is 4.76. The molecule has 0 aliphatic carbocycles. The van der Waals surface area contributed by atoms with Gasteiger partial charge in [0.25, 0.3) is 5.91 Å². The Hall–Kier alpha value is -2.46. The molecule has 1 aliphatic heterocycles. The average Bonchev–Trinajstić information content (AvgIpc) is 2.74. The van der Waals surface area contributed by atoms with E-state index < -0.39 is 0 Å². The van der Waals surface area contributed by atoms with Crippen molar-refractivity contribution in [3.63, 3.8) is 0 Å². The SMILES string of the molecule is CN1C(=O)/C(=C\c2ccccc2)N(c2ccccc2)C1=S. The first-order chi connectivity index (χ1) is 10.2. The fourth-order valence-electron chi connectivity index (χ4n) is 2.27. The number of hydrogen-bond donors (Lipinski definition) is 0. The summed E-state index contributed by atoms with van der Waals surface area (Å²) in [5.74, 6) is -0.0901. The van der Waals surface area contributed by atoms with Crippen LogP contribution in [0.5, 0.6) is 0 Å². The Bertz CT molecular complexity index is 710. The van der Waals surface area contributed by atoms with Crippen LogP contribution in [0.1, 0.15) is 5.56 Å². The van der Waals surface area contributed by atoms with Gasteiger partial charge in [-0.25, -0.2) is 0 Å². The second kappa shape index (κ2) is 5.50. The van der Waals surface area contributed by atoms with Crippen molar-refractivity contribution in [1.82, 2.24) is 4.90 Å². The van der Waals surface area contributed by atoms with Crippen molar-refractivity contribution in [2.45, 2.75) is 0 Å². The average molecular weight is 294 g/mol. The van der Waals surface area contributed by atoms with Gasteiger partial charge in [-0.05, 0) is 36.0 Å². The second-order valence-corrected chi connectivity index (χ2v) is 5.12. The third-order valence-electron chi connectivity index (χ3n) is 3.36. The van der Waals surface area contributed by atoms with Gasteiger partial charge >= 0.3 is 0 Å². The molecule has 1 fully saturated rings. The predicted octanol–water partition coefficient (Wildman–Crippen LogP) is 3.29. The monoisotopic (exact) mass is 294 g/mol. The molecule has 1 amide bonds. The summed E-state index contributed by atoms with van der Waals surface area (Å²) in [7, 11) is 1.70. The largest absolute Gasteiger partial charge is 0.286 e. The Balaban J connectivity index is 2.09. The molecular weight excluding hydrogens is 280 g/mol. The highest BCUT2D eigenvalue weighted by molar-refractivity contribution is 7.80. The van der Waals surface area contributed by atoms with E-state index in [1.165, 1.54) is 4.90 Å². The maximum absolute atomic E-state index is 12.4. The zero-order valence-corrected chi connectivity index (χ0v) is 12.4. The van der Waals surface area contributed by atoms with Crippen LogP contribution in [0, 0.1) is 0 Å². The van der Waals surface area contributed by atoms with Gasteiger partial charge in [0, 0.05) is 12.7 Å². The van der Waals surface area contributed by atoms with E-state index in [-0.39, 0.29) is 5.91 Å². The van der Waals surface area contributed by atoms with E-state index in [0.717, 1.165) is 11.3 Å². The number of rotatable bonds is 2. The lowest BCUT2D eigenvalue weighted by Gasteiger charge is -2.18. The van der Waals surface area contributed by atoms with E-state index in [1.807, 2.05) is 71.6 Å². The molecule has 3 rings (SSSR count). The number of amides is 1. The summed E-state index contributed by atoms with van der Waals surface area (Å²) >= 11 is 5.41. The Kier molecular flexibility index (Phi) is 3.54. The van der Waals surface area contributed by atoms with Crippen molar-refractivity contribution < 1.29 is 4.79 Å². The molecule has 0 saturated carbocycles. The van der Waals surface area contributed by atoms with Gasteiger partial charge in [0.15, 0.2) is 5.11 Å². The summed E-state index contributed by atoms with van der Waals surface area (Å²) in [5.41, 5.74) is 2.43. The summed E-state index contributed by atoms with van der Waals surface area (Å²) in [6, 6.07) is 19.5. The number of likely N-dealkylation sites (N-methyl/N-ethyl adjacent to an activating group) is 1. The third-order valence-corrected chi connectivity index (χ3v) is 3.82. The van der Waals surface area contributed by atoms with Crippen LogP contribution in [0.15, 0.2) is 66.4 Å². The van der Waals surface area contributed by atoms with Crippen LogP contribution in [-0.4, -0.2) is 23.0 Å². The van der Waals surface area contributed by atoms with Crippen molar-refractivity contribution in [2.75, 3.05) is 11.9 Å². The Morgan fingerprint density at radius 1 is 0.952 bits per heavy atom. The van der Waals surface area contributed by atoms with Gasteiger partial charge in [-0.2, -0.15) is 0 Å². The summed E-state index contributed by atoms with van der Waals surface area (Å²) < 4.78 is 0. The number of thiocarbonyl (C=S) groups is 1. The van der Waals surface area contributed by atoms with Crippen LogP contribution in [0.2, 0.25) is 0 Å². The van der Waals surface area contributed by atoms with Crippen molar-refractivity contribution in [1.29, 1.82) is 0 Å². The molecule has 2 aromatic carbocycles. The molecule has 104 valence electrons. The molecular formula is C17H14N2OS. The highest BCUT2D eigenvalue weighted by atomic mass is 32.1. The maximum atomic E-state index is 12.4. The van der Waals surface area contributed by atoms with Crippen molar-refractivity contribution >= 4 is 35.0 Å². The van der Waals surface area contributed by atoms with Gasteiger partial charge < -0.3 is 0 Å². The molecule has 0 spiro atoms. The van der Waals surface area contributed by atoms with Crippen LogP contribution < -0.4 is 4.90 Å². The first-order valence-corrected chi connectivity index (χ1v) is 7.03. The lowest BCUT2D eigenvalue weighted by Crippen LogP contribution is -2.29. The van der Waals surface area contributed by atoms with Gasteiger partial charge in [0.05, 0.1) is 0 Å². The molecule has 0 atom stereocenters. The molecule has 0 bridgehead atoms. The zero-order chi connectivity index (χ0) is 14.8. The normalized spacial score (nSPS) is 16.9. The van der Waals surface area contributed by atoms with E-state index in [0.29, 0.717) is 10.8 Å². The summed E-state index contributed by atoms with van der Waals surface area (Å²) in [6.07, 6.45) is 1.87. The lowest BCUT2D eigenvalue weighted by atomic mass is 10.2. The zero-order valence-electron chi connectivity index (χ0n) is 11.6. The van der Waals surface area contributed by atoms with Gasteiger partial charge in [0.2, 0.25) is 0 Å². The van der Waals surface area contributed by atoms with Gasteiger partial charge in [-0.3, -0.25) is 14.6 Å². The lowest BCUT2D eigenvalue weighted by molar-refractivity contribution is -0.121. The topological polar surface area (TPSA) is 23.6 Å². The molecule has 1 aliphatic rings. The van der Waals surface area contributed by atoms with E-state index in [2.05, 4.69) is 0 Å². The predicted molar refractivity (Wildman–Crippen MR) is 88.7 cm³/mol. The molecule has 0 N–H and O–H groups in total. The highest BCUT2D eigenvalue weighted by Gasteiger charge is 2.36. The van der Waals surface area contributed by atoms with E-state index in [9.17, 15) is 4.79 Å². The van der Waals surface area contributed by atoms with Gasteiger partial charge in [-0.15, -0.1) is 0 Å². The van der Waals surface area contributed by atoms with Crippen LogP contribution in [0.25, 0.3) is 6.08 Å². The Morgan fingerprint density at radius 3 is 2.14 bits per heavy atom. The molecule has 3 nitrogen and oxygen atoms in total. The molecule has 0 aromatic heterocycles. The molecule has 21 heavy (non-hydrogen) atoms. The fraction of sp³-hybridized carbons (Fsp3) is 0.0588. The molecule has 1 saturated heterocycles. The number of hydrogen-bond acceptors (Lipinski definition) is 2. The number of carbonyl (C=O) groups is 1. The van der Waals surface area contributed by atoms with E-state index in [4.69, 9.17) is 12.2 Å². The number of nitrogens with zero attached hydrogens (tertiary/aromatic N) is 2. The van der Waals surface area contributed by atoms with Crippen LogP contribution in [0.4, 0.5) is 5.69 Å². The number of para-hydroxylation sites is 1. The quantitative estimate of drug-likeness (QED) is 0.627. The Labute approximate surface area is 129 Å². The first-order valence-electron chi connectivity index (χ1n) is 6.62. The summed E-state index contributed by atoms with van der Waals surface area (Å²) in [6.45, 7) is 0. The number of carbonyl (C=O) groups excluding carboxylic acids is 1. The minimum absolute atomic E-state index is 0.0901. The van der Waals surface area contributed by atoms with E-state index in [1.54, 1.807) is 7.05 Å². The van der Waals surface area contributed by atoms with Crippen LogP contribution in [0.3, 0.4) is 0 Å². The number of anilines is 1. The smallest absolute Gasteiger partial charge is 0.276 e. The molecule has 0 radical (unpaired) electrons. The molecule has 4 heteroatoms.